The van der Waals surface area contributed by atoms with Crippen LogP contribution in [0.3, 0.4) is 0 Å². The number of aromatic nitrogens is 1. The zero-order valence-corrected chi connectivity index (χ0v) is 11.8. The number of benzene rings is 1. The molecular weight excluding hydrogens is 252 g/mol. The Morgan fingerprint density at radius 1 is 1.35 bits per heavy atom. The first-order chi connectivity index (χ1) is 9.63. The second-order valence-electron chi connectivity index (χ2n) is 5.45. The van der Waals surface area contributed by atoms with Crippen molar-refractivity contribution < 1.29 is 9.32 Å². The minimum atomic E-state index is -0.0530. The minimum Gasteiger partial charge on any atom is -0.338 e. The number of nitrogens with zero attached hydrogens (tertiary/aromatic N) is 1. The van der Waals surface area contributed by atoms with Gasteiger partial charge in [0, 0.05) is 5.56 Å². The number of carbonyl (C=O) groups is 1. The molecule has 1 amide bonds. The molecule has 0 bridgehead atoms. The summed E-state index contributed by atoms with van der Waals surface area (Å²) in [7, 11) is 0. The van der Waals surface area contributed by atoms with Crippen LogP contribution >= 0.6 is 0 Å². The number of fused-ring (bicyclic) bond motifs is 1. The van der Waals surface area contributed by atoms with Gasteiger partial charge >= 0.3 is 0 Å². The Kier molecular flexibility index (Phi) is 3.30. The molecule has 1 aliphatic carbocycles. The van der Waals surface area contributed by atoms with Crippen molar-refractivity contribution >= 4 is 11.8 Å². The molecule has 0 spiro atoms. The fraction of sp³-hybridized carbons (Fsp3) is 0.375. The minimum absolute atomic E-state index is 0.0530. The Morgan fingerprint density at radius 3 is 3.00 bits per heavy atom. The summed E-state index contributed by atoms with van der Waals surface area (Å²) in [5.41, 5.74) is 5.46. The molecule has 1 heterocycles. The second-order valence-corrected chi connectivity index (χ2v) is 5.45. The highest BCUT2D eigenvalue weighted by atomic mass is 16.5. The molecule has 4 heteroatoms. The third-order valence-electron chi connectivity index (χ3n) is 3.81. The van der Waals surface area contributed by atoms with E-state index in [1.54, 1.807) is 0 Å². The summed E-state index contributed by atoms with van der Waals surface area (Å²) in [6, 6.07) is 6.13. The quantitative estimate of drug-likeness (QED) is 0.933. The van der Waals surface area contributed by atoms with Gasteiger partial charge in [0.2, 0.25) is 11.8 Å². The van der Waals surface area contributed by atoms with Crippen molar-refractivity contribution in [1.29, 1.82) is 0 Å². The number of anilines is 1. The maximum Gasteiger partial charge on any atom is 0.234 e. The maximum atomic E-state index is 12.1. The average molecular weight is 270 g/mol. The van der Waals surface area contributed by atoms with Gasteiger partial charge in [-0.2, -0.15) is 0 Å². The van der Waals surface area contributed by atoms with Crippen LogP contribution in [0.25, 0.3) is 0 Å². The lowest BCUT2D eigenvalue weighted by Gasteiger charge is -2.07. The van der Waals surface area contributed by atoms with Crippen LogP contribution in [0.1, 0.15) is 34.4 Å². The zero-order valence-electron chi connectivity index (χ0n) is 11.8. The number of amides is 1. The summed E-state index contributed by atoms with van der Waals surface area (Å²) in [6.45, 7) is 4.08. The van der Waals surface area contributed by atoms with Crippen LogP contribution < -0.4 is 5.32 Å². The Hall–Kier alpha value is -2.10. The van der Waals surface area contributed by atoms with E-state index >= 15 is 0 Å². The first-order valence-electron chi connectivity index (χ1n) is 6.97. The van der Waals surface area contributed by atoms with E-state index in [1.165, 1.54) is 5.56 Å². The van der Waals surface area contributed by atoms with Crippen molar-refractivity contribution in [1.82, 2.24) is 5.16 Å². The van der Waals surface area contributed by atoms with E-state index < -0.39 is 0 Å². The molecule has 1 aromatic heterocycles. The monoisotopic (exact) mass is 270 g/mol. The van der Waals surface area contributed by atoms with Gasteiger partial charge in [0.05, 0.1) is 12.1 Å². The summed E-state index contributed by atoms with van der Waals surface area (Å²) in [4.78, 5) is 12.1. The van der Waals surface area contributed by atoms with Crippen molar-refractivity contribution in [2.24, 2.45) is 0 Å². The number of hydrogen-bond acceptors (Lipinski definition) is 3. The SMILES string of the molecule is Cc1ccc(CC(=O)Nc2onc3c2CCC3)c(C)c1. The number of rotatable bonds is 3. The molecule has 0 saturated heterocycles. The van der Waals surface area contributed by atoms with Crippen LogP contribution in [-0.4, -0.2) is 11.1 Å². The molecule has 4 nitrogen and oxygen atoms in total. The predicted molar refractivity (Wildman–Crippen MR) is 76.8 cm³/mol. The standard InChI is InChI=1S/C16H18N2O2/c1-10-6-7-12(11(2)8-10)9-15(19)17-16-13-4-3-5-14(13)18-20-16/h6-8H,3-5,9H2,1-2H3,(H,17,19). The summed E-state index contributed by atoms with van der Waals surface area (Å²) >= 11 is 0. The first-order valence-corrected chi connectivity index (χ1v) is 6.97. The molecule has 0 fully saturated rings. The van der Waals surface area contributed by atoms with Gasteiger partial charge in [-0.15, -0.1) is 0 Å². The molecule has 0 saturated carbocycles. The van der Waals surface area contributed by atoms with Crippen LogP contribution in [0, 0.1) is 13.8 Å². The highest BCUT2D eigenvalue weighted by Crippen LogP contribution is 2.28. The maximum absolute atomic E-state index is 12.1. The van der Waals surface area contributed by atoms with E-state index in [0.717, 1.165) is 41.6 Å². The molecule has 1 N–H and O–H groups in total. The van der Waals surface area contributed by atoms with Gasteiger partial charge in [-0.3, -0.25) is 10.1 Å². The number of hydrogen-bond donors (Lipinski definition) is 1. The van der Waals surface area contributed by atoms with Crippen molar-refractivity contribution in [3.05, 3.63) is 46.1 Å². The Bertz CT molecular complexity index is 658. The molecule has 0 atom stereocenters. The van der Waals surface area contributed by atoms with Gasteiger partial charge in [-0.1, -0.05) is 28.9 Å². The van der Waals surface area contributed by atoms with E-state index in [2.05, 4.69) is 23.5 Å². The largest absolute Gasteiger partial charge is 0.338 e. The Balaban J connectivity index is 1.70. The van der Waals surface area contributed by atoms with Crippen LogP contribution in [-0.2, 0) is 24.1 Å². The van der Waals surface area contributed by atoms with E-state index in [0.29, 0.717) is 12.3 Å². The van der Waals surface area contributed by atoms with Gasteiger partial charge < -0.3 is 4.52 Å². The fourth-order valence-corrected chi connectivity index (χ4v) is 2.72. The third kappa shape index (κ3) is 2.46. The molecular formula is C16H18N2O2. The van der Waals surface area contributed by atoms with Gasteiger partial charge in [0.25, 0.3) is 0 Å². The van der Waals surface area contributed by atoms with E-state index in [1.807, 2.05) is 19.1 Å². The molecule has 0 unspecified atom stereocenters. The van der Waals surface area contributed by atoms with Crippen molar-refractivity contribution in [3.8, 4) is 0 Å². The van der Waals surface area contributed by atoms with Crippen molar-refractivity contribution in [3.63, 3.8) is 0 Å². The number of aryl methyl sites for hydroxylation is 3. The summed E-state index contributed by atoms with van der Waals surface area (Å²) in [5, 5.41) is 6.84. The number of carbonyl (C=O) groups excluding carboxylic acids is 1. The lowest BCUT2D eigenvalue weighted by molar-refractivity contribution is -0.115. The van der Waals surface area contributed by atoms with Gasteiger partial charge in [0.15, 0.2) is 0 Å². The van der Waals surface area contributed by atoms with Crippen molar-refractivity contribution in [2.75, 3.05) is 5.32 Å². The average Bonchev–Trinajstić information content (AvgIpc) is 2.98. The molecule has 0 aliphatic heterocycles. The molecule has 1 aromatic carbocycles. The highest BCUT2D eigenvalue weighted by Gasteiger charge is 2.22. The van der Waals surface area contributed by atoms with E-state index in [-0.39, 0.29) is 5.91 Å². The van der Waals surface area contributed by atoms with E-state index in [4.69, 9.17) is 4.52 Å². The lowest BCUT2D eigenvalue weighted by Crippen LogP contribution is -2.15. The highest BCUT2D eigenvalue weighted by molar-refractivity contribution is 5.92. The zero-order chi connectivity index (χ0) is 14.1. The van der Waals surface area contributed by atoms with Crippen molar-refractivity contribution in [2.45, 2.75) is 39.5 Å². The van der Waals surface area contributed by atoms with Crippen LogP contribution in [0.4, 0.5) is 5.88 Å². The van der Waals surface area contributed by atoms with E-state index in [9.17, 15) is 4.79 Å². The second kappa shape index (κ2) is 5.12. The topological polar surface area (TPSA) is 55.1 Å². The Morgan fingerprint density at radius 2 is 2.20 bits per heavy atom. The lowest BCUT2D eigenvalue weighted by atomic mass is 10.0. The van der Waals surface area contributed by atoms with Crippen LogP contribution in [0.5, 0.6) is 0 Å². The predicted octanol–water partition coefficient (Wildman–Crippen LogP) is 2.96. The molecule has 2 aromatic rings. The van der Waals surface area contributed by atoms with Gasteiger partial charge in [-0.25, -0.2) is 0 Å². The summed E-state index contributed by atoms with van der Waals surface area (Å²) in [5.74, 6) is 0.482. The molecule has 0 radical (unpaired) electrons. The normalized spacial score (nSPS) is 13.3. The molecule has 20 heavy (non-hydrogen) atoms. The first kappa shape index (κ1) is 12.9. The summed E-state index contributed by atoms with van der Waals surface area (Å²) in [6.07, 6.45) is 3.35. The molecule has 1 aliphatic rings. The van der Waals surface area contributed by atoms with Crippen LogP contribution in [0.15, 0.2) is 22.7 Å². The summed E-state index contributed by atoms with van der Waals surface area (Å²) < 4.78 is 5.21. The smallest absolute Gasteiger partial charge is 0.234 e. The van der Waals surface area contributed by atoms with Gasteiger partial charge in [-0.05, 0) is 44.2 Å². The number of nitrogens with one attached hydrogen (secondary N) is 1. The fourth-order valence-electron chi connectivity index (χ4n) is 2.72. The Labute approximate surface area is 118 Å². The van der Waals surface area contributed by atoms with Gasteiger partial charge in [0.1, 0.15) is 0 Å². The molecule has 3 rings (SSSR count). The van der Waals surface area contributed by atoms with Crippen LogP contribution in [0.2, 0.25) is 0 Å². The third-order valence-corrected chi connectivity index (χ3v) is 3.81. The molecule has 104 valence electrons.